The number of halogens is 1. The number of hydrazine groups is 1. The van der Waals surface area contributed by atoms with Crippen LogP contribution < -0.4 is 15.6 Å². The fourth-order valence-corrected chi connectivity index (χ4v) is 1.81. The summed E-state index contributed by atoms with van der Waals surface area (Å²) in [5.74, 6) is 6.19. The minimum atomic E-state index is -0.326. The molecule has 0 aliphatic carbocycles. The Morgan fingerprint density at radius 1 is 1.21 bits per heavy atom. The number of carbonyl (C=O) groups is 1. The molecule has 0 aliphatic rings. The molecular formula is C14H13ClN2O2. The Labute approximate surface area is 116 Å². The van der Waals surface area contributed by atoms with Gasteiger partial charge in [-0.05, 0) is 42.5 Å². The standard InChI is InChI=1S/C14H13ClN2O2/c1-19-13-7-5-12(6-8-13)17(16)14(18)10-3-2-4-11(15)9-10/h2-9H,16H2,1H3. The van der Waals surface area contributed by atoms with Crippen molar-refractivity contribution in [1.29, 1.82) is 0 Å². The van der Waals surface area contributed by atoms with Gasteiger partial charge in [-0.1, -0.05) is 17.7 Å². The fraction of sp³-hybridized carbons (Fsp3) is 0.0714. The van der Waals surface area contributed by atoms with Gasteiger partial charge < -0.3 is 4.74 Å². The molecule has 0 saturated carbocycles. The monoisotopic (exact) mass is 276 g/mol. The fourth-order valence-electron chi connectivity index (χ4n) is 1.62. The van der Waals surface area contributed by atoms with Crippen molar-refractivity contribution in [2.45, 2.75) is 0 Å². The predicted molar refractivity (Wildman–Crippen MR) is 75.4 cm³/mol. The molecule has 2 N–H and O–H groups in total. The van der Waals surface area contributed by atoms with Crippen LogP contribution in [0.5, 0.6) is 5.75 Å². The predicted octanol–water partition coefficient (Wildman–Crippen LogP) is 2.87. The van der Waals surface area contributed by atoms with Crippen molar-refractivity contribution in [3.63, 3.8) is 0 Å². The Morgan fingerprint density at radius 2 is 1.89 bits per heavy atom. The molecule has 2 rings (SSSR count). The van der Waals surface area contributed by atoms with E-state index in [-0.39, 0.29) is 5.91 Å². The Bertz CT molecular complexity index is 584. The molecule has 2 aromatic carbocycles. The van der Waals surface area contributed by atoms with Crippen LogP contribution in [-0.2, 0) is 0 Å². The van der Waals surface area contributed by atoms with E-state index >= 15 is 0 Å². The highest BCUT2D eigenvalue weighted by Crippen LogP contribution is 2.19. The van der Waals surface area contributed by atoms with Crippen molar-refractivity contribution in [1.82, 2.24) is 0 Å². The van der Waals surface area contributed by atoms with Gasteiger partial charge in [0.1, 0.15) is 5.75 Å². The maximum absolute atomic E-state index is 12.2. The van der Waals surface area contributed by atoms with Gasteiger partial charge in [-0.3, -0.25) is 4.79 Å². The third-order valence-electron chi connectivity index (χ3n) is 2.64. The molecule has 0 radical (unpaired) electrons. The highest BCUT2D eigenvalue weighted by Gasteiger charge is 2.14. The number of amides is 1. The van der Waals surface area contributed by atoms with Crippen molar-refractivity contribution in [3.8, 4) is 5.75 Å². The van der Waals surface area contributed by atoms with E-state index in [0.29, 0.717) is 22.0 Å². The molecule has 1 amide bonds. The van der Waals surface area contributed by atoms with Gasteiger partial charge >= 0.3 is 0 Å². The molecule has 4 nitrogen and oxygen atoms in total. The largest absolute Gasteiger partial charge is 0.497 e. The number of nitrogens with zero attached hydrogens (tertiary/aromatic N) is 1. The van der Waals surface area contributed by atoms with Crippen molar-refractivity contribution >= 4 is 23.2 Å². The first kappa shape index (κ1) is 13.4. The molecule has 0 bridgehead atoms. The van der Waals surface area contributed by atoms with Crippen LogP contribution in [0.1, 0.15) is 10.4 Å². The zero-order valence-electron chi connectivity index (χ0n) is 10.3. The van der Waals surface area contributed by atoms with Gasteiger partial charge in [0, 0.05) is 10.6 Å². The quantitative estimate of drug-likeness (QED) is 0.533. The van der Waals surface area contributed by atoms with E-state index in [4.69, 9.17) is 22.2 Å². The first-order valence-corrected chi connectivity index (χ1v) is 5.98. The van der Waals surface area contributed by atoms with Crippen molar-refractivity contribution in [2.24, 2.45) is 5.84 Å². The summed E-state index contributed by atoms with van der Waals surface area (Å²) in [6.07, 6.45) is 0. The van der Waals surface area contributed by atoms with E-state index in [1.165, 1.54) is 0 Å². The minimum Gasteiger partial charge on any atom is -0.497 e. The van der Waals surface area contributed by atoms with Crippen LogP contribution >= 0.6 is 11.6 Å². The summed E-state index contributed by atoms with van der Waals surface area (Å²) >= 11 is 5.85. The van der Waals surface area contributed by atoms with Crippen LogP contribution in [0.25, 0.3) is 0 Å². The zero-order chi connectivity index (χ0) is 13.8. The number of hydrogen-bond acceptors (Lipinski definition) is 3. The van der Waals surface area contributed by atoms with Gasteiger partial charge in [-0.25, -0.2) is 10.9 Å². The number of methoxy groups -OCH3 is 1. The first-order valence-electron chi connectivity index (χ1n) is 5.60. The van der Waals surface area contributed by atoms with E-state index in [0.717, 1.165) is 5.01 Å². The van der Waals surface area contributed by atoms with Crippen LogP contribution in [0.2, 0.25) is 5.02 Å². The van der Waals surface area contributed by atoms with E-state index in [9.17, 15) is 4.79 Å². The third kappa shape index (κ3) is 3.05. The van der Waals surface area contributed by atoms with Gasteiger partial charge in [-0.15, -0.1) is 0 Å². The molecule has 0 unspecified atom stereocenters. The smallest absolute Gasteiger partial charge is 0.272 e. The second-order valence-electron chi connectivity index (χ2n) is 3.88. The normalized spacial score (nSPS) is 10.1. The lowest BCUT2D eigenvalue weighted by molar-refractivity contribution is 0.0987. The SMILES string of the molecule is COc1ccc(N(N)C(=O)c2cccc(Cl)c2)cc1. The summed E-state index contributed by atoms with van der Waals surface area (Å²) in [6, 6.07) is 13.5. The Hall–Kier alpha value is -2.04. The van der Waals surface area contributed by atoms with E-state index in [2.05, 4.69) is 0 Å². The summed E-state index contributed by atoms with van der Waals surface area (Å²) in [5.41, 5.74) is 1.01. The maximum atomic E-state index is 12.2. The van der Waals surface area contributed by atoms with Crippen molar-refractivity contribution < 1.29 is 9.53 Å². The molecule has 0 spiro atoms. The van der Waals surface area contributed by atoms with Crippen LogP contribution in [0.4, 0.5) is 5.69 Å². The van der Waals surface area contributed by atoms with Gasteiger partial charge in [0.2, 0.25) is 0 Å². The van der Waals surface area contributed by atoms with Gasteiger partial charge in [0.05, 0.1) is 12.8 Å². The summed E-state index contributed by atoms with van der Waals surface area (Å²) in [4.78, 5) is 12.2. The first-order chi connectivity index (χ1) is 9.11. The molecule has 5 heteroatoms. The maximum Gasteiger partial charge on any atom is 0.272 e. The molecule has 98 valence electrons. The number of hydrogen-bond donors (Lipinski definition) is 1. The Kier molecular flexibility index (Phi) is 4.04. The summed E-state index contributed by atoms with van der Waals surface area (Å²) in [5, 5.41) is 1.57. The molecule has 2 aromatic rings. The topological polar surface area (TPSA) is 55.6 Å². The number of ether oxygens (including phenoxy) is 1. The number of benzene rings is 2. The van der Waals surface area contributed by atoms with Crippen molar-refractivity contribution in [3.05, 3.63) is 59.1 Å². The van der Waals surface area contributed by atoms with E-state index < -0.39 is 0 Å². The number of nitrogens with two attached hydrogens (primary N) is 1. The summed E-state index contributed by atoms with van der Waals surface area (Å²) in [6.45, 7) is 0. The summed E-state index contributed by atoms with van der Waals surface area (Å²) in [7, 11) is 1.58. The highest BCUT2D eigenvalue weighted by atomic mass is 35.5. The number of rotatable bonds is 3. The molecule has 0 atom stereocenters. The van der Waals surface area contributed by atoms with Crippen LogP contribution in [0, 0.1) is 0 Å². The lowest BCUT2D eigenvalue weighted by atomic mass is 10.2. The lowest BCUT2D eigenvalue weighted by Crippen LogP contribution is -2.37. The van der Waals surface area contributed by atoms with E-state index in [1.807, 2.05) is 0 Å². The molecule has 0 aromatic heterocycles. The van der Waals surface area contributed by atoms with Gasteiger partial charge in [-0.2, -0.15) is 0 Å². The average molecular weight is 277 g/mol. The molecule has 0 saturated heterocycles. The van der Waals surface area contributed by atoms with Crippen LogP contribution in [0.15, 0.2) is 48.5 Å². The van der Waals surface area contributed by atoms with Gasteiger partial charge in [0.15, 0.2) is 0 Å². The third-order valence-corrected chi connectivity index (χ3v) is 2.88. The Balaban J connectivity index is 2.23. The number of carbonyl (C=O) groups excluding carboxylic acids is 1. The van der Waals surface area contributed by atoms with Crippen LogP contribution in [-0.4, -0.2) is 13.0 Å². The molecule has 0 fully saturated rings. The average Bonchev–Trinajstić information content (AvgIpc) is 2.46. The van der Waals surface area contributed by atoms with E-state index in [1.54, 1.807) is 55.6 Å². The molecule has 0 heterocycles. The Morgan fingerprint density at radius 3 is 2.47 bits per heavy atom. The highest BCUT2D eigenvalue weighted by molar-refractivity contribution is 6.31. The van der Waals surface area contributed by atoms with Crippen molar-refractivity contribution in [2.75, 3.05) is 12.1 Å². The zero-order valence-corrected chi connectivity index (χ0v) is 11.1. The second kappa shape index (κ2) is 5.73. The second-order valence-corrected chi connectivity index (χ2v) is 4.32. The molecule has 19 heavy (non-hydrogen) atoms. The molecule has 0 aliphatic heterocycles. The van der Waals surface area contributed by atoms with Gasteiger partial charge in [0.25, 0.3) is 5.91 Å². The van der Waals surface area contributed by atoms with Crippen LogP contribution in [0.3, 0.4) is 0 Å². The number of anilines is 1. The summed E-state index contributed by atoms with van der Waals surface area (Å²) < 4.78 is 5.05. The molecular weight excluding hydrogens is 264 g/mol. The lowest BCUT2D eigenvalue weighted by Gasteiger charge is -2.17. The minimum absolute atomic E-state index is 0.326.